The highest BCUT2D eigenvalue weighted by Crippen LogP contribution is 2.26. The second-order valence-corrected chi connectivity index (χ2v) is 4.88. The first-order valence-corrected chi connectivity index (χ1v) is 7.37. The summed E-state index contributed by atoms with van der Waals surface area (Å²) in [6, 6.07) is 4.91. The van der Waals surface area contributed by atoms with Crippen LogP contribution in [0.1, 0.15) is 37.0 Å². The van der Waals surface area contributed by atoms with E-state index in [1.54, 1.807) is 32.0 Å². The van der Waals surface area contributed by atoms with Crippen LogP contribution in [0, 0.1) is 0 Å². The number of ketones is 2. The number of rotatable bonds is 7. The minimum absolute atomic E-state index is 0.103. The van der Waals surface area contributed by atoms with Gasteiger partial charge in [-0.05, 0) is 12.1 Å². The van der Waals surface area contributed by atoms with Crippen molar-refractivity contribution in [2.45, 2.75) is 26.7 Å². The first-order chi connectivity index (χ1) is 10.5. The fourth-order valence-corrected chi connectivity index (χ4v) is 2.07. The Balaban J connectivity index is 3.12. The van der Waals surface area contributed by atoms with E-state index in [1.165, 1.54) is 13.2 Å². The molecule has 0 radical (unpaired) electrons. The Hall–Kier alpha value is -2.14. The van der Waals surface area contributed by atoms with Crippen molar-refractivity contribution >= 4 is 34.8 Å². The van der Waals surface area contributed by atoms with Gasteiger partial charge in [-0.1, -0.05) is 31.5 Å². The number of amides is 1. The molecule has 5 nitrogen and oxygen atoms in total. The maximum Gasteiger partial charge on any atom is 0.252 e. The van der Waals surface area contributed by atoms with E-state index in [4.69, 9.17) is 11.6 Å². The first kappa shape index (κ1) is 17.9. The van der Waals surface area contributed by atoms with Gasteiger partial charge < -0.3 is 10.6 Å². The second-order valence-electron chi connectivity index (χ2n) is 4.50. The summed E-state index contributed by atoms with van der Waals surface area (Å²) in [5.74, 6) is -0.789. The number of benzene rings is 1. The summed E-state index contributed by atoms with van der Waals surface area (Å²) in [5, 5.41) is 5.57. The molecule has 0 aliphatic carbocycles. The zero-order valence-electron chi connectivity index (χ0n) is 12.8. The molecule has 0 saturated carbocycles. The molecule has 2 N–H and O–H groups in total. The van der Waals surface area contributed by atoms with Gasteiger partial charge in [0.05, 0.1) is 21.8 Å². The van der Waals surface area contributed by atoms with Crippen molar-refractivity contribution in [1.29, 1.82) is 0 Å². The van der Waals surface area contributed by atoms with Gasteiger partial charge in [-0.3, -0.25) is 14.4 Å². The second kappa shape index (κ2) is 8.34. The van der Waals surface area contributed by atoms with E-state index >= 15 is 0 Å². The molecular weight excluding hydrogens is 304 g/mol. The normalized spacial score (nSPS) is 9.82. The van der Waals surface area contributed by atoms with Gasteiger partial charge in [0.2, 0.25) is 0 Å². The standard InChI is InChI=1S/C16H19ClN2O3/c1-4-13(20)11(14(21)5-2)9-19-12-8-6-7-10(15(12)17)16(22)18-3/h6-9,19H,4-5H2,1-3H3,(H,18,22). The minimum Gasteiger partial charge on any atom is -0.360 e. The highest BCUT2D eigenvalue weighted by atomic mass is 35.5. The lowest BCUT2D eigenvalue weighted by atomic mass is 10.0. The lowest BCUT2D eigenvalue weighted by Crippen LogP contribution is -2.18. The monoisotopic (exact) mass is 322 g/mol. The third-order valence-corrected chi connectivity index (χ3v) is 3.49. The highest BCUT2D eigenvalue weighted by molar-refractivity contribution is 6.36. The Labute approximate surface area is 134 Å². The summed E-state index contributed by atoms with van der Waals surface area (Å²) in [5.41, 5.74) is 0.868. The fraction of sp³-hybridized carbons (Fsp3) is 0.312. The third-order valence-electron chi connectivity index (χ3n) is 3.09. The molecule has 0 aromatic heterocycles. The van der Waals surface area contributed by atoms with Gasteiger partial charge in [-0.15, -0.1) is 0 Å². The zero-order valence-corrected chi connectivity index (χ0v) is 13.6. The number of hydrogen-bond donors (Lipinski definition) is 2. The topological polar surface area (TPSA) is 75.3 Å². The molecule has 0 spiro atoms. The molecule has 1 rings (SSSR count). The number of carbonyl (C=O) groups excluding carboxylic acids is 3. The van der Waals surface area contributed by atoms with Crippen LogP contribution < -0.4 is 10.6 Å². The summed E-state index contributed by atoms with van der Waals surface area (Å²) >= 11 is 6.17. The van der Waals surface area contributed by atoms with Crippen LogP contribution in [-0.2, 0) is 9.59 Å². The van der Waals surface area contributed by atoms with Gasteiger partial charge in [0.25, 0.3) is 5.91 Å². The molecule has 0 atom stereocenters. The predicted octanol–water partition coefficient (Wildman–Crippen LogP) is 2.95. The van der Waals surface area contributed by atoms with Crippen molar-refractivity contribution in [2.24, 2.45) is 0 Å². The molecule has 0 unspecified atom stereocenters. The molecule has 118 valence electrons. The molecule has 6 heteroatoms. The largest absolute Gasteiger partial charge is 0.360 e. The van der Waals surface area contributed by atoms with Crippen molar-refractivity contribution in [3.63, 3.8) is 0 Å². The molecule has 0 saturated heterocycles. The van der Waals surface area contributed by atoms with Crippen LogP contribution in [-0.4, -0.2) is 24.5 Å². The predicted molar refractivity (Wildman–Crippen MR) is 87.1 cm³/mol. The van der Waals surface area contributed by atoms with E-state index in [1.807, 2.05) is 0 Å². The molecule has 0 aliphatic heterocycles. The van der Waals surface area contributed by atoms with Crippen LogP contribution in [0.2, 0.25) is 5.02 Å². The van der Waals surface area contributed by atoms with Gasteiger partial charge in [-0.2, -0.15) is 0 Å². The average Bonchev–Trinajstić information content (AvgIpc) is 2.54. The van der Waals surface area contributed by atoms with Crippen LogP contribution >= 0.6 is 11.6 Å². The molecule has 22 heavy (non-hydrogen) atoms. The number of nitrogens with one attached hydrogen (secondary N) is 2. The highest BCUT2D eigenvalue weighted by Gasteiger charge is 2.16. The summed E-state index contributed by atoms with van der Waals surface area (Å²) < 4.78 is 0. The van der Waals surface area contributed by atoms with Crippen molar-refractivity contribution in [3.8, 4) is 0 Å². The third kappa shape index (κ3) is 4.18. The number of allylic oxidation sites excluding steroid dienone is 1. The van der Waals surface area contributed by atoms with E-state index < -0.39 is 0 Å². The summed E-state index contributed by atoms with van der Waals surface area (Å²) in [6.45, 7) is 3.39. The van der Waals surface area contributed by atoms with Crippen LogP contribution in [0.3, 0.4) is 0 Å². The van der Waals surface area contributed by atoms with E-state index in [2.05, 4.69) is 10.6 Å². The van der Waals surface area contributed by atoms with Gasteiger partial charge >= 0.3 is 0 Å². The molecule has 0 bridgehead atoms. The summed E-state index contributed by atoms with van der Waals surface area (Å²) in [4.78, 5) is 35.3. The van der Waals surface area contributed by atoms with Gasteiger partial charge in [0.1, 0.15) is 0 Å². The molecular formula is C16H19ClN2O3. The van der Waals surface area contributed by atoms with Crippen molar-refractivity contribution in [3.05, 3.63) is 40.6 Å². The molecule has 0 aliphatic rings. The summed E-state index contributed by atoms with van der Waals surface area (Å²) in [7, 11) is 1.51. The quantitative estimate of drug-likeness (QED) is 0.460. The van der Waals surface area contributed by atoms with Crippen molar-refractivity contribution < 1.29 is 14.4 Å². The number of hydrogen-bond acceptors (Lipinski definition) is 4. The Morgan fingerprint density at radius 3 is 2.23 bits per heavy atom. The first-order valence-electron chi connectivity index (χ1n) is 6.99. The summed E-state index contributed by atoms with van der Waals surface area (Å²) in [6.07, 6.45) is 1.84. The number of anilines is 1. The Kier molecular flexibility index (Phi) is 6.79. The van der Waals surface area contributed by atoms with Gasteiger partial charge in [0.15, 0.2) is 11.6 Å². The van der Waals surface area contributed by atoms with Gasteiger partial charge in [0, 0.05) is 26.1 Å². The molecule has 1 amide bonds. The Bertz CT molecular complexity index is 606. The lowest BCUT2D eigenvalue weighted by molar-refractivity contribution is -0.121. The van der Waals surface area contributed by atoms with Crippen LogP contribution in [0.25, 0.3) is 0 Å². The van der Waals surface area contributed by atoms with E-state index in [-0.39, 0.29) is 40.9 Å². The zero-order chi connectivity index (χ0) is 16.7. The van der Waals surface area contributed by atoms with Gasteiger partial charge in [-0.25, -0.2) is 0 Å². The van der Waals surface area contributed by atoms with E-state index in [0.717, 1.165) is 0 Å². The van der Waals surface area contributed by atoms with Crippen LogP contribution in [0.4, 0.5) is 5.69 Å². The van der Waals surface area contributed by atoms with Crippen molar-refractivity contribution in [2.75, 3.05) is 12.4 Å². The van der Waals surface area contributed by atoms with E-state index in [9.17, 15) is 14.4 Å². The molecule has 1 aromatic carbocycles. The maximum atomic E-state index is 11.8. The SMILES string of the molecule is CCC(=O)C(=CNc1cccc(C(=O)NC)c1Cl)C(=O)CC. The molecule has 0 heterocycles. The molecule has 0 fully saturated rings. The molecule has 1 aromatic rings. The lowest BCUT2D eigenvalue weighted by Gasteiger charge is -2.10. The Morgan fingerprint density at radius 1 is 1.14 bits per heavy atom. The van der Waals surface area contributed by atoms with Crippen LogP contribution in [0.15, 0.2) is 30.0 Å². The maximum absolute atomic E-state index is 11.8. The smallest absolute Gasteiger partial charge is 0.252 e. The fourth-order valence-electron chi connectivity index (χ4n) is 1.80. The number of carbonyl (C=O) groups is 3. The number of halogens is 1. The van der Waals surface area contributed by atoms with E-state index in [0.29, 0.717) is 11.3 Å². The van der Waals surface area contributed by atoms with Crippen molar-refractivity contribution in [1.82, 2.24) is 5.32 Å². The van der Waals surface area contributed by atoms with Crippen LogP contribution in [0.5, 0.6) is 0 Å². The Morgan fingerprint density at radius 2 is 1.73 bits per heavy atom. The minimum atomic E-state index is -0.313. The average molecular weight is 323 g/mol. The number of Topliss-reactive ketones (excluding diaryl/α,β-unsaturated/α-hetero) is 2.